The maximum atomic E-state index is 12.5. The van der Waals surface area contributed by atoms with Gasteiger partial charge in [-0.25, -0.2) is 9.97 Å². The standard InChI is InChI=1S/C18H22N4O2/c1-12-19-16(11-17(20-12)21-13-6-3-4-7-13)18(23)22-14-8-5-9-15(10-14)24-2/h5,8-11,13H,3-4,6-7H2,1-2H3,(H,22,23)(H,19,20,21). The van der Waals surface area contributed by atoms with Gasteiger partial charge in [0.15, 0.2) is 0 Å². The smallest absolute Gasteiger partial charge is 0.274 e. The van der Waals surface area contributed by atoms with Crippen molar-refractivity contribution in [2.75, 3.05) is 17.7 Å². The molecule has 1 aliphatic carbocycles. The van der Waals surface area contributed by atoms with E-state index in [9.17, 15) is 4.79 Å². The molecule has 1 amide bonds. The maximum Gasteiger partial charge on any atom is 0.274 e. The monoisotopic (exact) mass is 326 g/mol. The number of rotatable bonds is 5. The van der Waals surface area contributed by atoms with Crippen molar-refractivity contribution in [1.82, 2.24) is 9.97 Å². The summed E-state index contributed by atoms with van der Waals surface area (Å²) in [4.78, 5) is 21.1. The van der Waals surface area contributed by atoms with Gasteiger partial charge in [-0.15, -0.1) is 0 Å². The number of benzene rings is 1. The van der Waals surface area contributed by atoms with Crippen LogP contribution in [0, 0.1) is 6.92 Å². The highest BCUT2D eigenvalue weighted by Gasteiger charge is 2.17. The molecule has 1 aliphatic rings. The average Bonchev–Trinajstić information content (AvgIpc) is 3.07. The Morgan fingerprint density at radius 3 is 2.75 bits per heavy atom. The summed E-state index contributed by atoms with van der Waals surface area (Å²) < 4.78 is 5.17. The fourth-order valence-corrected chi connectivity index (χ4v) is 2.93. The first-order valence-electron chi connectivity index (χ1n) is 8.21. The van der Waals surface area contributed by atoms with Crippen LogP contribution in [-0.2, 0) is 0 Å². The van der Waals surface area contributed by atoms with E-state index in [1.54, 1.807) is 26.2 Å². The molecule has 0 bridgehead atoms. The number of hydrogen-bond acceptors (Lipinski definition) is 5. The zero-order valence-electron chi connectivity index (χ0n) is 14.0. The fourth-order valence-electron chi connectivity index (χ4n) is 2.93. The third-order valence-corrected chi connectivity index (χ3v) is 4.11. The molecule has 6 heteroatoms. The minimum absolute atomic E-state index is 0.261. The number of anilines is 2. The van der Waals surface area contributed by atoms with Gasteiger partial charge in [0.2, 0.25) is 0 Å². The van der Waals surface area contributed by atoms with Gasteiger partial charge in [-0.1, -0.05) is 18.9 Å². The second kappa shape index (κ2) is 7.29. The van der Waals surface area contributed by atoms with Crippen molar-refractivity contribution in [3.63, 3.8) is 0 Å². The number of methoxy groups -OCH3 is 1. The van der Waals surface area contributed by atoms with Gasteiger partial charge in [0, 0.05) is 23.9 Å². The van der Waals surface area contributed by atoms with Crippen LogP contribution >= 0.6 is 0 Å². The summed E-state index contributed by atoms with van der Waals surface area (Å²) in [6, 6.07) is 9.38. The summed E-state index contributed by atoms with van der Waals surface area (Å²) in [5.41, 5.74) is 1.02. The van der Waals surface area contributed by atoms with Crippen LogP contribution in [0.4, 0.5) is 11.5 Å². The van der Waals surface area contributed by atoms with E-state index < -0.39 is 0 Å². The highest BCUT2D eigenvalue weighted by molar-refractivity contribution is 6.03. The Morgan fingerprint density at radius 2 is 2.00 bits per heavy atom. The molecule has 1 fully saturated rings. The first kappa shape index (κ1) is 16.2. The summed E-state index contributed by atoms with van der Waals surface area (Å²) in [5.74, 6) is 1.72. The van der Waals surface area contributed by atoms with E-state index in [2.05, 4.69) is 20.6 Å². The Hall–Kier alpha value is -2.63. The molecule has 0 spiro atoms. The molecule has 3 rings (SSSR count). The quantitative estimate of drug-likeness (QED) is 0.880. The van der Waals surface area contributed by atoms with Gasteiger partial charge in [0.25, 0.3) is 5.91 Å². The molecule has 0 atom stereocenters. The molecule has 126 valence electrons. The van der Waals surface area contributed by atoms with E-state index in [1.807, 2.05) is 18.2 Å². The van der Waals surface area contributed by atoms with Crippen LogP contribution < -0.4 is 15.4 Å². The lowest BCUT2D eigenvalue weighted by atomic mass is 10.2. The van der Waals surface area contributed by atoms with Gasteiger partial charge in [-0.2, -0.15) is 0 Å². The minimum Gasteiger partial charge on any atom is -0.497 e. The third kappa shape index (κ3) is 4.01. The molecule has 2 N–H and O–H groups in total. The number of nitrogens with one attached hydrogen (secondary N) is 2. The van der Waals surface area contributed by atoms with Crippen molar-refractivity contribution >= 4 is 17.4 Å². The Kier molecular flexibility index (Phi) is 4.93. The Balaban J connectivity index is 1.74. The van der Waals surface area contributed by atoms with E-state index >= 15 is 0 Å². The molecule has 6 nitrogen and oxygen atoms in total. The SMILES string of the molecule is COc1cccc(NC(=O)c2cc(NC3CCCC3)nc(C)n2)c1. The number of amides is 1. The van der Waals surface area contributed by atoms with Crippen molar-refractivity contribution in [3.8, 4) is 5.75 Å². The number of carbonyl (C=O) groups is 1. The summed E-state index contributed by atoms with van der Waals surface area (Å²) in [7, 11) is 1.59. The zero-order valence-corrected chi connectivity index (χ0v) is 14.0. The molecule has 1 aromatic heterocycles. The molecule has 24 heavy (non-hydrogen) atoms. The van der Waals surface area contributed by atoms with Crippen LogP contribution in [0.25, 0.3) is 0 Å². The highest BCUT2D eigenvalue weighted by Crippen LogP contribution is 2.22. The lowest BCUT2D eigenvalue weighted by molar-refractivity contribution is 0.102. The van der Waals surface area contributed by atoms with E-state index in [0.29, 0.717) is 34.8 Å². The van der Waals surface area contributed by atoms with Crippen molar-refractivity contribution in [2.24, 2.45) is 0 Å². The summed E-state index contributed by atoms with van der Waals surface area (Å²) in [6.45, 7) is 1.79. The van der Waals surface area contributed by atoms with Crippen LogP contribution in [0.15, 0.2) is 30.3 Å². The van der Waals surface area contributed by atoms with E-state index in [4.69, 9.17) is 4.74 Å². The average molecular weight is 326 g/mol. The maximum absolute atomic E-state index is 12.5. The summed E-state index contributed by atoms with van der Waals surface area (Å²) in [6.07, 6.45) is 4.78. The van der Waals surface area contributed by atoms with Gasteiger partial charge in [0.1, 0.15) is 23.1 Å². The number of carbonyl (C=O) groups excluding carboxylic acids is 1. The van der Waals surface area contributed by atoms with Gasteiger partial charge < -0.3 is 15.4 Å². The Labute approximate surface area is 141 Å². The molecular weight excluding hydrogens is 304 g/mol. The number of hydrogen-bond donors (Lipinski definition) is 2. The van der Waals surface area contributed by atoms with Crippen molar-refractivity contribution < 1.29 is 9.53 Å². The van der Waals surface area contributed by atoms with Crippen molar-refractivity contribution in [3.05, 3.63) is 41.9 Å². The lowest BCUT2D eigenvalue weighted by Gasteiger charge is -2.14. The lowest BCUT2D eigenvalue weighted by Crippen LogP contribution is -2.19. The van der Waals surface area contributed by atoms with Crippen LogP contribution in [0.2, 0.25) is 0 Å². The number of aromatic nitrogens is 2. The van der Waals surface area contributed by atoms with Gasteiger partial charge >= 0.3 is 0 Å². The van der Waals surface area contributed by atoms with E-state index in [-0.39, 0.29) is 5.91 Å². The number of nitrogens with zero attached hydrogens (tertiary/aromatic N) is 2. The predicted molar refractivity (Wildman–Crippen MR) is 93.6 cm³/mol. The molecule has 1 heterocycles. The molecule has 1 aromatic carbocycles. The largest absolute Gasteiger partial charge is 0.497 e. The number of aryl methyl sites for hydroxylation is 1. The molecule has 0 unspecified atom stereocenters. The predicted octanol–water partition coefficient (Wildman–Crippen LogP) is 3.40. The molecule has 1 saturated carbocycles. The van der Waals surface area contributed by atoms with Crippen LogP contribution in [0.1, 0.15) is 42.0 Å². The number of ether oxygens (including phenoxy) is 1. The van der Waals surface area contributed by atoms with Gasteiger partial charge in [-0.05, 0) is 31.9 Å². The van der Waals surface area contributed by atoms with Crippen molar-refractivity contribution in [2.45, 2.75) is 38.6 Å². The van der Waals surface area contributed by atoms with Gasteiger partial charge in [-0.3, -0.25) is 4.79 Å². The first-order valence-corrected chi connectivity index (χ1v) is 8.21. The first-order chi connectivity index (χ1) is 11.6. The Bertz CT molecular complexity index is 727. The molecular formula is C18H22N4O2. The normalized spacial score (nSPS) is 14.4. The second-order valence-corrected chi connectivity index (χ2v) is 6.00. The van der Waals surface area contributed by atoms with Gasteiger partial charge in [0.05, 0.1) is 7.11 Å². The van der Waals surface area contributed by atoms with Crippen molar-refractivity contribution in [1.29, 1.82) is 0 Å². The van der Waals surface area contributed by atoms with E-state index in [0.717, 1.165) is 12.8 Å². The second-order valence-electron chi connectivity index (χ2n) is 6.00. The molecule has 0 saturated heterocycles. The van der Waals surface area contributed by atoms with Crippen LogP contribution in [-0.4, -0.2) is 29.0 Å². The topological polar surface area (TPSA) is 76.1 Å². The Morgan fingerprint density at radius 1 is 1.21 bits per heavy atom. The van der Waals surface area contributed by atoms with Crippen LogP contribution in [0.3, 0.4) is 0 Å². The minimum atomic E-state index is -0.261. The molecule has 0 radical (unpaired) electrons. The summed E-state index contributed by atoms with van der Waals surface area (Å²) in [5, 5.41) is 6.25. The summed E-state index contributed by atoms with van der Waals surface area (Å²) >= 11 is 0. The third-order valence-electron chi connectivity index (χ3n) is 4.11. The fraction of sp³-hybridized carbons (Fsp3) is 0.389. The zero-order chi connectivity index (χ0) is 16.9. The molecule has 2 aromatic rings. The highest BCUT2D eigenvalue weighted by atomic mass is 16.5. The van der Waals surface area contributed by atoms with Crippen LogP contribution in [0.5, 0.6) is 5.75 Å². The van der Waals surface area contributed by atoms with E-state index in [1.165, 1.54) is 12.8 Å². The molecule has 0 aliphatic heterocycles.